The zero-order valence-electron chi connectivity index (χ0n) is 11.0. The van der Waals surface area contributed by atoms with Crippen LogP contribution in [0.25, 0.3) is 10.6 Å². The summed E-state index contributed by atoms with van der Waals surface area (Å²) in [6, 6.07) is 6.39. The van der Waals surface area contributed by atoms with Crippen LogP contribution in [0, 0.1) is 0 Å². The van der Waals surface area contributed by atoms with E-state index in [2.05, 4.69) is 15.5 Å². The molecule has 0 radical (unpaired) electrons. The predicted molar refractivity (Wildman–Crippen MR) is 77.4 cm³/mol. The van der Waals surface area contributed by atoms with Gasteiger partial charge in [0.1, 0.15) is 5.01 Å². The molecule has 0 aliphatic carbocycles. The first-order valence-corrected chi connectivity index (χ1v) is 8.55. The number of hydrogen-bond donors (Lipinski definition) is 1. The number of amides is 1. The number of nitrogens with zero attached hydrogens (tertiary/aromatic N) is 2. The first-order chi connectivity index (χ1) is 9.40. The maximum atomic E-state index is 11.4. The van der Waals surface area contributed by atoms with Gasteiger partial charge in [-0.3, -0.25) is 4.79 Å². The topological polar surface area (TPSA) is 89.0 Å². The molecule has 1 aromatic carbocycles. The molecule has 0 fully saturated rings. The zero-order chi connectivity index (χ0) is 14.8. The molecular weight excluding hydrogens is 298 g/mol. The molecule has 1 amide bonds. The Morgan fingerprint density at radius 1 is 1.25 bits per heavy atom. The molecule has 1 aromatic heterocycles. The number of aromatic nitrogens is 2. The highest BCUT2D eigenvalue weighted by Gasteiger charge is 2.11. The SMILES string of the molecule is CCC(=O)Nc1nnc(-c2ccc(S(C)(=O)=O)cc2)s1. The third kappa shape index (κ3) is 3.40. The summed E-state index contributed by atoms with van der Waals surface area (Å²) in [4.78, 5) is 11.5. The first kappa shape index (κ1) is 14.6. The van der Waals surface area contributed by atoms with Crippen molar-refractivity contribution in [2.24, 2.45) is 0 Å². The second-order valence-electron chi connectivity index (χ2n) is 4.11. The highest BCUT2D eigenvalue weighted by Crippen LogP contribution is 2.27. The summed E-state index contributed by atoms with van der Waals surface area (Å²) in [6.45, 7) is 1.75. The summed E-state index contributed by atoms with van der Waals surface area (Å²) < 4.78 is 22.7. The van der Waals surface area contributed by atoms with Gasteiger partial charge in [0.15, 0.2) is 9.84 Å². The Bertz CT molecular complexity index is 721. The van der Waals surface area contributed by atoms with E-state index in [1.54, 1.807) is 19.1 Å². The standard InChI is InChI=1S/C12H13N3O3S2/c1-3-10(16)13-12-15-14-11(19-12)8-4-6-9(7-5-8)20(2,17)18/h4-7H,3H2,1-2H3,(H,13,15,16). The lowest BCUT2D eigenvalue weighted by Gasteiger charge is -1.99. The Morgan fingerprint density at radius 3 is 2.45 bits per heavy atom. The van der Waals surface area contributed by atoms with Crippen LogP contribution in [-0.4, -0.2) is 30.8 Å². The van der Waals surface area contributed by atoms with Crippen LogP contribution in [0.1, 0.15) is 13.3 Å². The number of nitrogens with one attached hydrogen (secondary N) is 1. The van der Waals surface area contributed by atoms with Gasteiger partial charge in [0.25, 0.3) is 0 Å². The van der Waals surface area contributed by atoms with Crippen LogP contribution in [0.15, 0.2) is 29.2 Å². The maximum absolute atomic E-state index is 11.4. The molecular formula is C12H13N3O3S2. The van der Waals surface area contributed by atoms with Crippen molar-refractivity contribution in [3.63, 3.8) is 0 Å². The normalized spacial score (nSPS) is 11.3. The van der Waals surface area contributed by atoms with Crippen molar-refractivity contribution in [2.45, 2.75) is 18.2 Å². The van der Waals surface area contributed by atoms with E-state index in [1.807, 2.05) is 0 Å². The maximum Gasteiger partial charge on any atom is 0.225 e. The van der Waals surface area contributed by atoms with Crippen LogP contribution in [-0.2, 0) is 14.6 Å². The summed E-state index contributed by atoms with van der Waals surface area (Å²) in [5.41, 5.74) is 0.756. The van der Waals surface area contributed by atoms with E-state index in [4.69, 9.17) is 0 Å². The lowest BCUT2D eigenvalue weighted by Crippen LogP contribution is -2.08. The zero-order valence-corrected chi connectivity index (χ0v) is 12.6. The molecule has 0 bridgehead atoms. The summed E-state index contributed by atoms with van der Waals surface area (Å²) >= 11 is 1.24. The van der Waals surface area contributed by atoms with E-state index >= 15 is 0 Å². The molecule has 0 unspecified atom stereocenters. The Hall–Kier alpha value is -1.80. The number of carbonyl (C=O) groups is 1. The van der Waals surface area contributed by atoms with Gasteiger partial charge >= 0.3 is 0 Å². The molecule has 0 saturated carbocycles. The Morgan fingerprint density at radius 2 is 1.90 bits per heavy atom. The molecule has 2 rings (SSSR count). The molecule has 0 atom stereocenters. The van der Waals surface area contributed by atoms with Crippen LogP contribution >= 0.6 is 11.3 Å². The lowest BCUT2D eigenvalue weighted by molar-refractivity contribution is -0.115. The molecule has 20 heavy (non-hydrogen) atoms. The van der Waals surface area contributed by atoms with Crippen LogP contribution < -0.4 is 5.32 Å². The molecule has 0 spiro atoms. The van der Waals surface area contributed by atoms with Gasteiger partial charge in [0, 0.05) is 18.2 Å². The van der Waals surface area contributed by atoms with Gasteiger partial charge in [-0.1, -0.05) is 30.4 Å². The number of rotatable bonds is 4. The molecule has 0 aliphatic heterocycles. The van der Waals surface area contributed by atoms with Crippen molar-refractivity contribution in [2.75, 3.05) is 11.6 Å². The monoisotopic (exact) mass is 311 g/mol. The molecule has 8 heteroatoms. The van der Waals surface area contributed by atoms with Crippen molar-refractivity contribution in [1.29, 1.82) is 0 Å². The second-order valence-corrected chi connectivity index (χ2v) is 7.10. The fourth-order valence-corrected chi connectivity index (χ4v) is 2.84. The Labute approximate surface area is 120 Å². The summed E-state index contributed by atoms with van der Waals surface area (Å²) in [5.74, 6) is -0.125. The smallest absolute Gasteiger partial charge is 0.225 e. The van der Waals surface area contributed by atoms with Crippen molar-refractivity contribution in [3.8, 4) is 10.6 Å². The minimum absolute atomic E-state index is 0.125. The number of carbonyl (C=O) groups excluding carboxylic acids is 1. The van der Waals surface area contributed by atoms with Gasteiger partial charge < -0.3 is 5.32 Å². The van der Waals surface area contributed by atoms with Gasteiger partial charge in [-0.15, -0.1) is 10.2 Å². The first-order valence-electron chi connectivity index (χ1n) is 5.84. The highest BCUT2D eigenvalue weighted by atomic mass is 32.2. The fraction of sp³-hybridized carbons (Fsp3) is 0.250. The van der Waals surface area contributed by atoms with Gasteiger partial charge in [-0.25, -0.2) is 8.42 Å². The number of hydrogen-bond acceptors (Lipinski definition) is 6. The minimum atomic E-state index is -3.21. The van der Waals surface area contributed by atoms with Gasteiger partial charge in [-0.05, 0) is 12.1 Å². The summed E-state index contributed by atoms with van der Waals surface area (Å²) in [6.07, 6.45) is 1.53. The van der Waals surface area contributed by atoms with E-state index in [9.17, 15) is 13.2 Å². The molecule has 6 nitrogen and oxygen atoms in total. The average Bonchev–Trinajstić information content (AvgIpc) is 2.86. The predicted octanol–water partition coefficient (Wildman–Crippen LogP) is 1.96. The van der Waals surface area contributed by atoms with Crippen molar-refractivity contribution in [1.82, 2.24) is 10.2 Å². The molecule has 1 heterocycles. The number of benzene rings is 1. The molecule has 0 aliphatic rings. The number of sulfone groups is 1. The Kier molecular flexibility index (Phi) is 4.15. The largest absolute Gasteiger partial charge is 0.301 e. The van der Waals surface area contributed by atoms with E-state index in [0.717, 1.165) is 11.8 Å². The van der Waals surface area contributed by atoms with Crippen LogP contribution in [0.2, 0.25) is 0 Å². The van der Waals surface area contributed by atoms with Gasteiger partial charge in [0.05, 0.1) is 4.90 Å². The van der Waals surface area contributed by atoms with Crippen LogP contribution in [0.4, 0.5) is 5.13 Å². The van der Waals surface area contributed by atoms with E-state index in [0.29, 0.717) is 16.6 Å². The molecule has 106 valence electrons. The minimum Gasteiger partial charge on any atom is -0.301 e. The quantitative estimate of drug-likeness (QED) is 0.932. The third-order valence-corrected chi connectivity index (χ3v) is 4.54. The second kappa shape index (κ2) is 5.68. The van der Waals surface area contributed by atoms with Crippen LogP contribution in [0.3, 0.4) is 0 Å². The lowest BCUT2D eigenvalue weighted by atomic mass is 10.2. The fourth-order valence-electron chi connectivity index (χ4n) is 1.44. The highest BCUT2D eigenvalue weighted by molar-refractivity contribution is 7.90. The number of anilines is 1. The van der Waals surface area contributed by atoms with Crippen molar-refractivity contribution < 1.29 is 13.2 Å². The summed E-state index contributed by atoms with van der Waals surface area (Å²) in [7, 11) is -3.21. The van der Waals surface area contributed by atoms with Gasteiger partial charge in [0.2, 0.25) is 11.0 Å². The average molecular weight is 311 g/mol. The van der Waals surface area contributed by atoms with Crippen LogP contribution in [0.5, 0.6) is 0 Å². The third-order valence-electron chi connectivity index (χ3n) is 2.52. The van der Waals surface area contributed by atoms with Crippen molar-refractivity contribution in [3.05, 3.63) is 24.3 Å². The van der Waals surface area contributed by atoms with Crippen molar-refractivity contribution >= 4 is 32.2 Å². The van der Waals surface area contributed by atoms with E-state index in [-0.39, 0.29) is 10.8 Å². The molecule has 2 aromatic rings. The van der Waals surface area contributed by atoms with E-state index in [1.165, 1.54) is 23.5 Å². The Balaban J connectivity index is 2.22. The molecule has 0 saturated heterocycles. The van der Waals surface area contributed by atoms with Gasteiger partial charge in [-0.2, -0.15) is 0 Å². The molecule has 1 N–H and O–H groups in total. The summed E-state index contributed by atoms with van der Waals surface area (Å²) in [5, 5.41) is 11.5. The van der Waals surface area contributed by atoms with E-state index < -0.39 is 9.84 Å².